The molecule has 0 fully saturated rings. The Labute approximate surface area is 89.0 Å². The van der Waals surface area contributed by atoms with Crippen LogP contribution in [0.3, 0.4) is 0 Å². The molecular formula is C8H14N4O2S. The molecule has 0 radical (unpaired) electrons. The summed E-state index contributed by atoms with van der Waals surface area (Å²) in [7, 11) is -3.40. The van der Waals surface area contributed by atoms with Gasteiger partial charge < -0.3 is 5.32 Å². The van der Waals surface area contributed by atoms with Gasteiger partial charge in [0.25, 0.3) is 0 Å². The van der Waals surface area contributed by atoms with Gasteiger partial charge in [0.15, 0.2) is 0 Å². The van der Waals surface area contributed by atoms with Gasteiger partial charge in [-0.3, -0.25) is 9.97 Å². The van der Waals surface area contributed by atoms with Crippen molar-refractivity contribution in [2.45, 2.75) is 13.0 Å². The molecule has 1 aromatic rings. The van der Waals surface area contributed by atoms with Crippen LogP contribution in [0, 0.1) is 0 Å². The second kappa shape index (κ2) is 5.15. The van der Waals surface area contributed by atoms with Crippen LogP contribution in [0.1, 0.15) is 18.7 Å². The summed E-state index contributed by atoms with van der Waals surface area (Å²) in [5.41, 5.74) is 0.770. The van der Waals surface area contributed by atoms with Crippen LogP contribution in [-0.2, 0) is 10.0 Å². The van der Waals surface area contributed by atoms with E-state index in [1.807, 2.05) is 6.92 Å². The number of nitrogens with zero attached hydrogens (tertiary/aromatic N) is 2. The Morgan fingerprint density at radius 2 is 2.27 bits per heavy atom. The molecule has 7 heteroatoms. The van der Waals surface area contributed by atoms with Crippen LogP contribution in [0.25, 0.3) is 0 Å². The number of sulfonamides is 1. The van der Waals surface area contributed by atoms with Gasteiger partial charge in [0.1, 0.15) is 0 Å². The minimum atomic E-state index is -3.40. The molecule has 0 aliphatic carbocycles. The van der Waals surface area contributed by atoms with Gasteiger partial charge in [-0.2, -0.15) is 0 Å². The Morgan fingerprint density at radius 1 is 1.53 bits per heavy atom. The molecule has 15 heavy (non-hydrogen) atoms. The van der Waals surface area contributed by atoms with Crippen LogP contribution in [0.4, 0.5) is 0 Å². The highest BCUT2D eigenvalue weighted by molar-refractivity contribution is 7.89. The maximum absolute atomic E-state index is 10.7. The van der Waals surface area contributed by atoms with Crippen molar-refractivity contribution >= 4 is 10.0 Å². The van der Waals surface area contributed by atoms with E-state index in [0.717, 1.165) is 5.69 Å². The van der Waals surface area contributed by atoms with Crippen molar-refractivity contribution in [3.8, 4) is 0 Å². The van der Waals surface area contributed by atoms with E-state index < -0.39 is 10.0 Å². The van der Waals surface area contributed by atoms with Crippen molar-refractivity contribution in [1.82, 2.24) is 15.3 Å². The quantitative estimate of drug-likeness (QED) is 0.705. The molecule has 0 saturated carbocycles. The SMILES string of the molecule is CC(NCCS(N)(=O)=O)c1cnccn1. The van der Waals surface area contributed by atoms with E-state index in [0.29, 0.717) is 6.54 Å². The zero-order valence-electron chi connectivity index (χ0n) is 8.42. The first kappa shape index (κ1) is 12.0. The minimum absolute atomic E-state index is 0.0413. The van der Waals surface area contributed by atoms with Crippen LogP contribution in [0.15, 0.2) is 18.6 Å². The molecule has 0 aromatic carbocycles. The highest BCUT2D eigenvalue weighted by Gasteiger charge is 2.07. The van der Waals surface area contributed by atoms with Crippen LogP contribution in [0.5, 0.6) is 0 Å². The largest absolute Gasteiger partial charge is 0.308 e. The van der Waals surface area contributed by atoms with Gasteiger partial charge in [-0.1, -0.05) is 0 Å². The summed E-state index contributed by atoms with van der Waals surface area (Å²) in [4.78, 5) is 8.01. The lowest BCUT2D eigenvalue weighted by Crippen LogP contribution is -2.29. The summed E-state index contributed by atoms with van der Waals surface area (Å²) >= 11 is 0. The molecule has 1 aromatic heterocycles. The number of nitrogens with two attached hydrogens (primary N) is 1. The van der Waals surface area contributed by atoms with Crippen LogP contribution in [0.2, 0.25) is 0 Å². The molecule has 1 unspecified atom stereocenters. The normalized spacial score (nSPS) is 13.7. The topological polar surface area (TPSA) is 98.0 Å². The molecule has 0 saturated heterocycles. The standard InChI is InChI=1S/C8H14N4O2S/c1-7(8-6-10-2-3-12-8)11-4-5-15(9,13)14/h2-3,6-7,11H,4-5H2,1H3,(H2,9,13,14). The number of aromatic nitrogens is 2. The lowest BCUT2D eigenvalue weighted by Gasteiger charge is -2.11. The summed E-state index contributed by atoms with van der Waals surface area (Å²) in [6.45, 7) is 2.18. The van der Waals surface area contributed by atoms with E-state index in [4.69, 9.17) is 5.14 Å². The Bertz CT molecular complexity index is 392. The van der Waals surface area contributed by atoms with Gasteiger partial charge in [0.05, 0.1) is 11.4 Å². The third-order valence-corrected chi connectivity index (χ3v) is 2.64. The van der Waals surface area contributed by atoms with Crippen molar-refractivity contribution in [3.05, 3.63) is 24.3 Å². The zero-order valence-corrected chi connectivity index (χ0v) is 9.24. The average Bonchev–Trinajstić information content (AvgIpc) is 2.17. The molecule has 3 N–H and O–H groups in total. The van der Waals surface area contributed by atoms with Crippen LogP contribution in [-0.4, -0.2) is 30.7 Å². The maximum atomic E-state index is 10.7. The Kier molecular flexibility index (Phi) is 4.13. The third-order valence-electron chi connectivity index (χ3n) is 1.86. The van der Waals surface area contributed by atoms with E-state index in [9.17, 15) is 8.42 Å². The molecule has 0 spiro atoms. The molecule has 1 atom stereocenters. The molecule has 84 valence electrons. The van der Waals surface area contributed by atoms with Gasteiger partial charge in [0, 0.05) is 31.2 Å². The van der Waals surface area contributed by atoms with Crippen molar-refractivity contribution in [1.29, 1.82) is 0 Å². The molecule has 0 amide bonds. The van der Waals surface area contributed by atoms with Gasteiger partial charge in [0.2, 0.25) is 10.0 Å². The molecule has 1 heterocycles. The van der Waals surface area contributed by atoms with Crippen molar-refractivity contribution in [3.63, 3.8) is 0 Å². The molecular weight excluding hydrogens is 216 g/mol. The zero-order chi connectivity index (χ0) is 11.3. The Morgan fingerprint density at radius 3 is 2.80 bits per heavy atom. The van der Waals surface area contributed by atoms with Gasteiger partial charge in [-0.25, -0.2) is 13.6 Å². The summed E-state index contributed by atoms with van der Waals surface area (Å²) in [6.07, 6.45) is 4.81. The lowest BCUT2D eigenvalue weighted by atomic mass is 10.2. The van der Waals surface area contributed by atoms with Crippen LogP contribution >= 0.6 is 0 Å². The molecule has 0 aliphatic heterocycles. The first-order chi connectivity index (χ1) is 6.99. The number of hydrogen-bond acceptors (Lipinski definition) is 5. The Balaban J connectivity index is 2.41. The monoisotopic (exact) mass is 230 g/mol. The predicted molar refractivity (Wildman–Crippen MR) is 56.4 cm³/mol. The van der Waals surface area contributed by atoms with Crippen LogP contribution < -0.4 is 10.5 Å². The van der Waals surface area contributed by atoms with E-state index >= 15 is 0 Å². The van der Waals surface area contributed by atoms with E-state index in [2.05, 4.69) is 15.3 Å². The van der Waals surface area contributed by atoms with Gasteiger partial charge in [-0.05, 0) is 6.92 Å². The summed E-state index contributed by atoms with van der Waals surface area (Å²) in [5.74, 6) is -0.0857. The van der Waals surface area contributed by atoms with Gasteiger partial charge in [-0.15, -0.1) is 0 Å². The summed E-state index contributed by atoms with van der Waals surface area (Å²) in [5, 5.41) is 7.86. The highest BCUT2D eigenvalue weighted by Crippen LogP contribution is 2.05. The number of rotatable bonds is 5. The van der Waals surface area contributed by atoms with E-state index in [1.54, 1.807) is 18.6 Å². The molecule has 0 aliphatic rings. The number of nitrogens with one attached hydrogen (secondary N) is 1. The van der Waals surface area contributed by atoms with Gasteiger partial charge >= 0.3 is 0 Å². The molecule has 6 nitrogen and oxygen atoms in total. The average molecular weight is 230 g/mol. The summed E-state index contributed by atoms with van der Waals surface area (Å²) in [6, 6.07) is -0.0413. The molecule has 1 rings (SSSR count). The summed E-state index contributed by atoms with van der Waals surface area (Å²) < 4.78 is 21.3. The predicted octanol–water partition coefficient (Wildman–Crippen LogP) is -0.584. The lowest BCUT2D eigenvalue weighted by molar-refractivity contribution is 0.564. The number of hydrogen-bond donors (Lipinski definition) is 2. The highest BCUT2D eigenvalue weighted by atomic mass is 32.2. The minimum Gasteiger partial charge on any atom is -0.308 e. The maximum Gasteiger partial charge on any atom is 0.210 e. The second-order valence-corrected chi connectivity index (χ2v) is 4.91. The fourth-order valence-corrected chi connectivity index (χ4v) is 1.46. The van der Waals surface area contributed by atoms with Crippen molar-refractivity contribution < 1.29 is 8.42 Å². The fraction of sp³-hybridized carbons (Fsp3) is 0.500. The molecule has 0 bridgehead atoms. The first-order valence-electron chi connectivity index (χ1n) is 4.49. The fourth-order valence-electron chi connectivity index (χ4n) is 1.06. The Hall–Kier alpha value is -1.05. The third kappa shape index (κ3) is 4.82. The first-order valence-corrected chi connectivity index (χ1v) is 6.20. The smallest absolute Gasteiger partial charge is 0.210 e. The van der Waals surface area contributed by atoms with Crippen molar-refractivity contribution in [2.75, 3.05) is 12.3 Å². The second-order valence-electron chi connectivity index (χ2n) is 3.17. The van der Waals surface area contributed by atoms with E-state index in [1.165, 1.54) is 0 Å². The number of primary sulfonamides is 1. The van der Waals surface area contributed by atoms with E-state index in [-0.39, 0.29) is 11.8 Å². The van der Waals surface area contributed by atoms with Crippen molar-refractivity contribution in [2.24, 2.45) is 5.14 Å².